The number of nitrogens with zero attached hydrogens (tertiary/aromatic N) is 3. The van der Waals surface area contributed by atoms with E-state index in [9.17, 15) is 4.79 Å². The number of carbonyl (C=O) groups is 1. The van der Waals surface area contributed by atoms with Crippen LogP contribution >= 0.6 is 24.8 Å². The van der Waals surface area contributed by atoms with Gasteiger partial charge in [0.05, 0.1) is 11.6 Å². The van der Waals surface area contributed by atoms with Gasteiger partial charge in [-0.05, 0) is 24.8 Å². The van der Waals surface area contributed by atoms with Gasteiger partial charge in [-0.3, -0.25) is 9.48 Å². The Bertz CT molecular complexity index is 466. The molecular weight excluding hydrogens is 323 g/mol. The van der Waals surface area contributed by atoms with E-state index < -0.39 is 0 Å². The lowest BCUT2D eigenvalue weighted by molar-refractivity contribution is -0.141. The second kappa shape index (κ2) is 8.75. The molecular formula is C15H28Cl2N4O. The Morgan fingerprint density at radius 1 is 1.41 bits per heavy atom. The van der Waals surface area contributed by atoms with Crippen LogP contribution in [0.2, 0.25) is 0 Å². The average Bonchev–Trinajstić information content (AvgIpc) is 3.09. The quantitative estimate of drug-likeness (QED) is 0.886. The monoisotopic (exact) mass is 350 g/mol. The van der Waals surface area contributed by atoms with Gasteiger partial charge in [-0.1, -0.05) is 13.8 Å². The number of halogens is 2. The van der Waals surface area contributed by atoms with Crippen LogP contribution in [0.15, 0.2) is 12.4 Å². The van der Waals surface area contributed by atoms with Crippen LogP contribution in [0.4, 0.5) is 0 Å². The third kappa shape index (κ3) is 3.94. The lowest BCUT2D eigenvalue weighted by Crippen LogP contribution is -2.46. The number of amides is 1. The molecule has 2 rings (SSSR count). The summed E-state index contributed by atoms with van der Waals surface area (Å²) in [5.41, 5.74) is 6.75. The highest BCUT2D eigenvalue weighted by atomic mass is 35.5. The second-order valence-corrected chi connectivity index (χ2v) is 5.88. The molecule has 2 N–H and O–H groups in total. The molecule has 1 atom stereocenters. The number of carbonyl (C=O) groups excluding carboxylic acids is 1. The van der Waals surface area contributed by atoms with Gasteiger partial charge < -0.3 is 10.6 Å². The van der Waals surface area contributed by atoms with Gasteiger partial charge in [0.25, 0.3) is 0 Å². The van der Waals surface area contributed by atoms with E-state index in [2.05, 4.69) is 25.1 Å². The fraction of sp³-hybridized carbons (Fsp3) is 0.733. The Kier molecular flexibility index (Phi) is 8.44. The summed E-state index contributed by atoms with van der Waals surface area (Å²) < 4.78 is 1.82. The van der Waals surface area contributed by atoms with Gasteiger partial charge >= 0.3 is 0 Å². The maximum Gasteiger partial charge on any atom is 0.230 e. The number of nitrogens with two attached hydrogens (primary N) is 1. The van der Waals surface area contributed by atoms with Crippen LogP contribution in [-0.2, 0) is 11.8 Å². The van der Waals surface area contributed by atoms with Crippen LogP contribution in [0.3, 0.4) is 0 Å². The van der Waals surface area contributed by atoms with Crippen molar-refractivity contribution in [1.29, 1.82) is 0 Å². The highest BCUT2D eigenvalue weighted by molar-refractivity contribution is 5.85. The number of hydrogen-bond donors (Lipinski definition) is 1. The first-order chi connectivity index (χ1) is 9.56. The molecule has 22 heavy (non-hydrogen) atoms. The van der Waals surface area contributed by atoms with E-state index in [-0.39, 0.29) is 36.1 Å². The van der Waals surface area contributed by atoms with Crippen LogP contribution in [-0.4, -0.2) is 40.2 Å². The largest absolute Gasteiger partial charge is 0.342 e. The number of rotatable bonds is 5. The molecule has 1 amide bonds. The van der Waals surface area contributed by atoms with Gasteiger partial charge in [-0.2, -0.15) is 5.10 Å². The van der Waals surface area contributed by atoms with Gasteiger partial charge in [0.15, 0.2) is 0 Å². The minimum Gasteiger partial charge on any atom is -0.342 e. The molecule has 1 aromatic heterocycles. The summed E-state index contributed by atoms with van der Waals surface area (Å²) in [6, 6.07) is 0. The zero-order chi connectivity index (χ0) is 14.8. The summed E-state index contributed by atoms with van der Waals surface area (Å²) in [7, 11) is 1.93. The van der Waals surface area contributed by atoms with Crippen molar-refractivity contribution in [3.8, 4) is 0 Å². The minimum absolute atomic E-state index is 0. The van der Waals surface area contributed by atoms with E-state index in [4.69, 9.17) is 5.73 Å². The molecule has 0 bridgehead atoms. The van der Waals surface area contributed by atoms with E-state index in [0.717, 1.165) is 32.4 Å². The topological polar surface area (TPSA) is 64.2 Å². The first-order valence-corrected chi connectivity index (χ1v) is 7.54. The van der Waals surface area contributed by atoms with Gasteiger partial charge in [0.2, 0.25) is 5.91 Å². The Labute approximate surface area is 145 Å². The number of likely N-dealkylation sites (tertiary alicyclic amines) is 1. The molecule has 5 nitrogen and oxygen atoms in total. The average molecular weight is 351 g/mol. The molecule has 1 aliphatic heterocycles. The maximum absolute atomic E-state index is 12.8. The highest BCUT2D eigenvalue weighted by Gasteiger charge is 2.39. The Hall–Kier alpha value is -0.780. The second-order valence-electron chi connectivity index (χ2n) is 5.88. The number of hydrogen-bond acceptors (Lipinski definition) is 3. The van der Waals surface area contributed by atoms with E-state index in [0.29, 0.717) is 12.5 Å². The van der Waals surface area contributed by atoms with E-state index in [1.165, 1.54) is 5.56 Å². The fourth-order valence-corrected chi connectivity index (χ4v) is 3.13. The normalized spacial score (nSPS) is 17.8. The van der Waals surface area contributed by atoms with Crippen molar-refractivity contribution in [3.05, 3.63) is 18.0 Å². The summed E-state index contributed by atoms with van der Waals surface area (Å²) in [5, 5.41) is 4.22. The number of aromatic nitrogens is 2. The molecule has 0 spiro atoms. The smallest absolute Gasteiger partial charge is 0.230 e. The predicted octanol–water partition coefficient (Wildman–Crippen LogP) is 2.34. The zero-order valence-corrected chi connectivity index (χ0v) is 15.3. The SMILES string of the molecule is CCC(CC)(CN)C(=O)N1CCC(c2cnn(C)c2)C1.Cl.Cl. The predicted molar refractivity (Wildman–Crippen MR) is 93.7 cm³/mol. The summed E-state index contributed by atoms with van der Waals surface area (Å²) in [4.78, 5) is 14.8. The molecule has 1 aliphatic rings. The van der Waals surface area contributed by atoms with Crippen LogP contribution in [0.5, 0.6) is 0 Å². The van der Waals surface area contributed by atoms with Crippen molar-refractivity contribution < 1.29 is 4.79 Å². The Balaban J connectivity index is 0.00000220. The molecule has 128 valence electrons. The Morgan fingerprint density at radius 2 is 2.05 bits per heavy atom. The van der Waals surface area contributed by atoms with Gasteiger partial charge in [0, 0.05) is 38.8 Å². The maximum atomic E-state index is 12.8. The third-order valence-electron chi connectivity index (χ3n) is 4.87. The van der Waals surface area contributed by atoms with Gasteiger partial charge in [-0.25, -0.2) is 0 Å². The van der Waals surface area contributed by atoms with Crippen molar-refractivity contribution in [3.63, 3.8) is 0 Å². The third-order valence-corrected chi connectivity index (χ3v) is 4.87. The summed E-state index contributed by atoms with van der Waals surface area (Å²) >= 11 is 0. The first kappa shape index (κ1) is 21.2. The van der Waals surface area contributed by atoms with Crippen LogP contribution < -0.4 is 5.73 Å². The summed E-state index contributed by atoms with van der Waals surface area (Å²) in [6.45, 7) is 6.19. The van der Waals surface area contributed by atoms with Crippen molar-refractivity contribution >= 4 is 30.7 Å². The molecule has 0 radical (unpaired) electrons. The summed E-state index contributed by atoms with van der Waals surface area (Å²) in [6.07, 6.45) is 6.61. The molecule has 1 saturated heterocycles. The van der Waals surface area contributed by atoms with E-state index in [1.807, 2.05) is 22.8 Å². The van der Waals surface area contributed by atoms with Crippen molar-refractivity contribution in [1.82, 2.24) is 14.7 Å². The van der Waals surface area contributed by atoms with E-state index in [1.54, 1.807) is 0 Å². The molecule has 7 heteroatoms. The van der Waals surface area contributed by atoms with Crippen LogP contribution in [0.1, 0.15) is 44.6 Å². The molecule has 0 aromatic carbocycles. The van der Waals surface area contributed by atoms with Crippen LogP contribution in [0.25, 0.3) is 0 Å². The molecule has 1 unspecified atom stereocenters. The van der Waals surface area contributed by atoms with Crippen molar-refractivity contribution in [2.75, 3.05) is 19.6 Å². The Morgan fingerprint density at radius 3 is 2.50 bits per heavy atom. The van der Waals surface area contributed by atoms with Crippen molar-refractivity contribution in [2.24, 2.45) is 18.2 Å². The fourth-order valence-electron chi connectivity index (χ4n) is 3.13. The summed E-state index contributed by atoms with van der Waals surface area (Å²) in [5.74, 6) is 0.647. The van der Waals surface area contributed by atoms with Crippen LogP contribution in [0, 0.1) is 5.41 Å². The van der Waals surface area contributed by atoms with E-state index >= 15 is 0 Å². The first-order valence-electron chi connectivity index (χ1n) is 7.54. The van der Waals surface area contributed by atoms with Gasteiger partial charge in [0.1, 0.15) is 0 Å². The molecule has 1 fully saturated rings. The standard InChI is InChI=1S/C15H26N4O.2ClH/c1-4-15(5-2,11-16)14(20)19-7-6-12(10-19)13-8-17-18(3)9-13;;/h8-9,12H,4-7,10-11,16H2,1-3H3;2*1H. The zero-order valence-electron chi connectivity index (χ0n) is 13.6. The molecule has 2 heterocycles. The molecule has 1 aromatic rings. The lowest BCUT2D eigenvalue weighted by atomic mass is 9.81. The van der Waals surface area contributed by atoms with Gasteiger partial charge in [-0.15, -0.1) is 24.8 Å². The molecule has 0 saturated carbocycles. The number of aryl methyl sites for hydroxylation is 1. The van der Waals surface area contributed by atoms with Crippen molar-refractivity contribution in [2.45, 2.75) is 39.0 Å². The lowest BCUT2D eigenvalue weighted by Gasteiger charge is -2.33. The highest BCUT2D eigenvalue weighted by Crippen LogP contribution is 2.33. The molecule has 0 aliphatic carbocycles. The minimum atomic E-state index is -0.371.